The van der Waals surface area contributed by atoms with Crippen LogP contribution < -0.4 is 14.2 Å². The van der Waals surface area contributed by atoms with Crippen molar-refractivity contribution < 1.29 is 28.2 Å². The normalized spacial score (nSPS) is 16.6. The molecule has 0 saturated heterocycles. The summed E-state index contributed by atoms with van der Waals surface area (Å²) < 4.78 is 30.2. The van der Waals surface area contributed by atoms with E-state index in [0.717, 1.165) is 18.4 Å². The van der Waals surface area contributed by atoms with Crippen LogP contribution in [0.25, 0.3) is 0 Å². The van der Waals surface area contributed by atoms with Crippen LogP contribution >= 0.6 is 11.3 Å². The lowest BCUT2D eigenvalue weighted by Crippen LogP contribution is -2.48. The minimum absolute atomic E-state index is 0.0376. The Kier molecular flexibility index (Phi) is 7.83. The Hall–Kier alpha value is -3.59. The van der Waals surface area contributed by atoms with Gasteiger partial charge in [-0.25, -0.2) is 4.39 Å². The number of hydrogen-bond acceptors (Lipinski definition) is 6. The predicted octanol–water partition coefficient (Wildman–Crippen LogP) is 5.31. The highest BCUT2D eigenvalue weighted by Crippen LogP contribution is 2.35. The third-order valence-electron chi connectivity index (χ3n) is 7.10. The maximum Gasteiger partial charge on any atom is 0.254 e. The van der Waals surface area contributed by atoms with Crippen molar-refractivity contribution >= 4 is 23.2 Å². The zero-order valence-corrected chi connectivity index (χ0v) is 22.3. The van der Waals surface area contributed by atoms with E-state index in [0.29, 0.717) is 35.9 Å². The molecule has 0 N–H and O–H groups in total. The Morgan fingerprint density at radius 3 is 2.74 bits per heavy atom. The molecule has 0 bridgehead atoms. The van der Waals surface area contributed by atoms with Gasteiger partial charge in [0.1, 0.15) is 24.7 Å². The molecule has 3 aromatic rings. The van der Waals surface area contributed by atoms with Gasteiger partial charge in [0.05, 0.1) is 6.04 Å². The zero-order chi connectivity index (χ0) is 26.6. The monoisotopic (exact) mass is 538 g/mol. The second-order valence-corrected chi connectivity index (χ2v) is 10.7. The molecule has 3 heterocycles. The number of ether oxygens (including phenoxy) is 3. The van der Waals surface area contributed by atoms with Gasteiger partial charge >= 0.3 is 0 Å². The highest BCUT2D eigenvalue weighted by atomic mass is 32.1. The minimum atomic E-state index is -0.333. The van der Waals surface area contributed by atoms with Crippen molar-refractivity contribution in [2.45, 2.75) is 32.7 Å². The number of carbonyl (C=O) groups is 2. The van der Waals surface area contributed by atoms with Crippen LogP contribution in [0.2, 0.25) is 0 Å². The van der Waals surface area contributed by atoms with E-state index in [9.17, 15) is 14.0 Å². The summed E-state index contributed by atoms with van der Waals surface area (Å²) in [4.78, 5) is 32.1. The molecule has 2 aliphatic heterocycles. The number of rotatable bonds is 9. The SMILES string of the molecule is CC[C@H](C)CN(CC(=O)N1CCc2sccc2[C@H]1COc1ccc(F)cc1)C(=O)c1ccc2c(c1)OCO2. The number of nitrogens with zero attached hydrogens (tertiary/aromatic N) is 2. The standard InChI is InChI=1S/C29H31FN2O5S/c1-3-19(2)15-31(29(34)20-4-9-25-26(14-20)37-18-36-25)16-28(33)32-12-10-27-23(11-13-38-27)24(32)17-35-22-7-5-21(30)6-8-22/h4-9,11,13-14,19,24H,3,10,12,15-18H2,1-2H3/t19-,24+/m0/s1. The molecule has 7 nitrogen and oxygen atoms in total. The molecule has 200 valence electrons. The molecule has 1 aromatic heterocycles. The first-order chi connectivity index (χ1) is 18.4. The van der Waals surface area contributed by atoms with Gasteiger partial charge in [-0.15, -0.1) is 11.3 Å². The Labute approximate surface area is 225 Å². The lowest BCUT2D eigenvalue weighted by molar-refractivity contribution is -0.135. The van der Waals surface area contributed by atoms with Gasteiger partial charge in [0.15, 0.2) is 11.5 Å². The number of carbonyl (C=O) groups excluding carboxylic acids is 2. The topological polar surface area (TPSA) is 68.3 Å². The maximum atomic E-state index is 13.8. The van der Waals surface area contributed by atoms with Crippen molar-refractivity contribution in [1.29, 1.82) is 0 Å². The predicted molar refractivity (Wildman–Crippen MR) is 142 cm³/mol. The van der Waals surface area contributed by atoms with Crippen molar-refractivity contribution in [3.8, 4) is 17.2 Å². The average molecular weight is 539 g/mol. The van der Waals surface area contributed by atoms with E-state index in [1.54, 1.807) is 46.6 Å². The van der Waals surface area contributed by atoms with Crippen molar-refractivity contribution in [3.63, 3.8) is 0 Å². The van der Waals surface area contributed by atoms with Gasteiger partial charge in [0, 0.05) is 23.5 Å². The van der Waals surface area contributed by atoms with Crippen LogP contribution in [0.3, 0.4) is 0 Å². The molecular formula is C29H31FN2O5S. The van der Waals surface area contributed by atoms with Gasteiger partial charge in [-0.3, -0.25) is 9.59 Å². The van der Waals surface area contributed by atoms with Crippen LogP contribution in [-0.4, -0.2) is 54.6 Å². The summed E-state index contributed by atoms with van der Waals surface area (Å²) in [5, 5.41) is 2.03. The summed E-state index contributed by atoms with van der Waals surface area (Å²) in [6, 6.07) is 12.7. The van der Waals surface area contributed by atoms with Crippen molar-refractivity contribution in [3.05, 3.63) is 75.7 Å². The number of thiophene rings is 1. The summed E-state index contributed by atoms with van der Waals surface area (Å²) in [5.74, 6) is 1.22. The van der Waals surface area contributed by atoms with Crippen molar-refractivity contribution in [1.82, 2.24) is 9.80 Å². The third-order valence-corrected chi connectivity index (χ3v) is 8.10. The van der Waals surface area contributed by atoms with Crippen LogP contribution in [0.1, 0.15) is 47.1 Å². The molecule has 9 heteroatoms. The smallest absolute Gasteiger partial charge is 0.254 e. The first-order valence-electron chi connectivity index (χ1n) is 12.9. The number of amides is 2. The maximum absolute atomic E-state index is 13.8. The molecule has 2 atom stereocenters. The van der Waals surface area contributed by atoms with Crippen LogP contribution in [-0.2, 0) is 11.2 Å². The molecule has 2 aliphatic rings. The Morgan fingerprint density at radius 1 is 1.16 bits per heavy atom. The highest BCUT2D eigenvalue weighted by molar-refractivity contribution is 7.10. The molecule has 2 amide bonds. The lowest BCUT2D eigenvalue weighted by Gasteiger charge is -2.37. The largest absolute Gasteiger partial charge is 0.491 e. The highest BCUT2D eigenvalue weighted by Gasteiger charge is 2.34. The summed E-state index contributed by atoms with van der Waals surface area (Å²) in [6.07, 6.45) is 1.64. The molecule has 0 aliphatic carbocycles. The fraction of sp³-hybridized carbons (Fsp3) is 0.379. The molecule has 2 aromatic carbocycles. The fourth-order valence-corrected chi connectivity index (χ4v) is 5.70. The van der Waals surface area contributed by atoms with E-state index >= 15 is 0 Å². The summed E-state index contributed by atoms with van der Waals surface area (Å²) >= 11 is 1.67. The number of benzene rings is 2. The van der Waals surface area contributed by atoms with Gasteiger partial charge in [-0.05, 0) is 71.8 Å². The summed E-state index contributed by atoms with van der Waals surface area (Å²) in [5.41, 5.74) is 1.52. The van der Waals surface area contributed by atoms with Crippen LogP contribution in [0.5, 0.6) is 17.2 Å². The van der Waals surface area contributed by atoms with Crippen molar-refractivity contribution in [2.75, 3.05) is 33.0 Å². The van der Waals surface area contributed by atoms with Gasteiger partial charge in [0.25, 0.3) is 5.91 Å². The third kappa shape index (κ3) is 5.62. The summed E-state index contributed by atoms with van der Waals surface area (Å²) in [7, 11) is 0. The molecule has 0 fully saturated rings. The first-order valence-corrected chi connectivity index (χ1v) is 13.7. The van der Waals surface area contributed by atoms with Gasteiger partial charge in [-0.2, -0.15) is 0 Å². The molecule has 0 radical (unpaired) electrons. The number of hydrogen-bond donors (Lipinski definition) is 0. The first kappa shape index (κ1) is 26.0. The molecule has 38 heavy (non-hydrogen) atoms. The van der Waals surface area contributed by atoms with Gasteiger partial charge in [0.2, 0.25) is 12.7 Å². The molecule has 0 saturated carbocycles. The molecule has 5 rings (SSSR count). The fourth-order valence-electron chi connectivity index (χ4n) is 4.77. The van der Waals surface area contributed by atoms with E-state index in [-0.39, 0.29) is 49.5 Å². The second kappa shape index (κ2) is 11.4. The van der Waals surface area contributed by atoms with E-state index in [4.69, 9.17) is 14.2 Å². The average Bonchev–Trinajstić information content (AvgIpc) is 3.60. The van der Waals surface area contributed by atoms with Crippen LogP contribution in [0, 0.1) is 11.7 Å². The lowest BCUT2D eigenvalue weighted by atomic mass is 10.00. The van der Waals surface area contributed by atoms with E-state index in [1.165, 1.54) is 17.0 Å². The van der Waals surface area contributed by atoms with E-state index in [2.05, 4.69) is 13.8 Å². The summed E-state index contributed by atoms with van der Waals surface area (Å²) in [6.45, 7) is 5.47. The zero-order valence-electron chi connectivity index (χ0n) is 21.5. The van der Waals surface area contributed by atoms with E-state index in [1.807, 2.05) is 16.3 Å². The van der Waals surface area contributed by atoms with E-state index < -0.39 is 0 Å². The Bertz CT molecular complexity index is 1290. The van der Waals surface area contributed by atoms with Gasteiger partial charge in [-0.1, -0.05) is 20.3 Å². The Morgan fingerprint density at radius 2 is 1.95 bits per heavy atom. The van der Waals surface area contributed by atoms with Gasteiger partial charge < -0.3 is 24.0 Å². The number of fused-ring (bicyclic) bond motifs is 2. The molecule has 0 unspecified atom stereocenters. The van der Waals surface area contributed by atoms with Crippen LogP contribution in [0.4, 0.5) is 4.39 Å². The molecule has 0 spiro atoms. The molecular weight excluding hydrogens is 507 g/mol. The number of halogens is 1. The second-order valence-electron chi connectivity index (χ2n) is 9.68. The Balaban J connectivity index is 1.35. The quantitative estimate of drug-likeness (QED) is 0.370. The van der Waals surface area contributed by atoms with Crippen LogP contribution in [0.15, 0.2) is 53.9 Å². The minimum Gasteiger partial charge on any atom is -0.491 e. The van der Waals surface area contributed by atoms with Crippen molar-refractivity contribution in [2.24, 2.45) is 5.92 Å².